The number of rotatable bonds is 5. The maximum atomic E-state index is 13.2. The molecule has 3 N–H and O–H groups in total. The van der Waals surface area contributed by atoms with E-state index >= 15 is 0 Å². The standard InChI is InChI=1S/C23H16ClN5O4S/c24-16-7-3-1-5-14(16)12-34-23-26-22(31)20-15-6-2-4-8-17(15)25-21(28(20)27-23)13-9-10-19(30)18(11-13)29(32)33/h1-11,21H,12H2,(H2,26,27,30,31)/p+1/t21-/m1/s1. The SMILES string of the molecule is O=c1[nH]c(SCc2ccccc2Cl)n[n+]2c1-c1ccccc1N[C@H]2c1ccc(O)c([N+](=O)[O-])c1. The molecule has 0 spiro atoms. The van der Waals surface area contributed by atoms with Gasteiger partial charge in [0.1, 0.15) is 0 Å². The number of hydrogen-bond acceptors (Lipinski definition) is 7. The number of benzene rings is 3. The van der Waals surface area contributed by atoms with Crippen molar-refractivity contribution in [3.63, 3.8) is 0 Å². The fraction of sp³-hybridized carbons (Fsp3) is 0.0870. The van der Waals surface area contributed by atoms with Crippen LogP contribution in [0.4, 0.5) is 11.4 Å². The number of nitro benzene ring substituents is 1. The van der Waals surface area contributed by atoms with E-state index in [1.165, 1.54) is 28.6 Å². The molecular formula is C23H17ClN5O4S+. The topological polar surface area (TPSA) is 125 Å². The second kappa shape index (κ2) is 8.81. The molecule has 170 valence electrons. The van der Waals surface area contributed by atoms with E-state index in [9.17, 15) is 20.0 Å². The summed E-state index contributed by atoms with van der Waals surface area (Å²) in [4.78, 5) is 26.8. The predicted octanol–water partition coefficient (Wildman–Crippen LogP) is 4.26. The summed E-state index contributed by atoms with van der Waals surface area (Å²) >= 11 is 7.57. The van der Waals surface area contributed by atoms with Gasteiger partial charge < -0.3 is 10.4 Å². The molecule has 3 aromatic carbocycles. The van der Waals surface area contributed by atoms with Gasteiger partial charge in [0.25, 0.3) is 6.17 Å². The van der Waals surface area contributed by atoms with Gasteiger partial charge in [0.2, 0.25) is 5.16 Å². The van der Waals surface area contributed by atoms with Crippen LogP contribution >= 0.6 is 23.4 Å². The summed E-state index contributed by atoms with van der Waals surface area (Å²) in [5.74, 6) is 0.0476. The lowest BCUT2D eigenvalue weighted by molar-refractivity contribution is -0.759. The highest BCUT2D eigenvalue weighted by Crippen LogP contribution is 2.34. The number of H-pyrrole nitrogens is 1. The molecule has 34 heavy (non-hydrogen) atoms. The van der Waals surface area contributed by atoms with Crippen LogP contribution in [-0.2, 0) is 5.75 Å². The van der Waals surface area contributed by atoms with E-state index in [-0.39, 0.29) is 5.56 Å². The fourth-order valence-electron chi connectivity index (χ4n) is 3.80. The van der Waals surface area contributed by atoms with Crippen molar-refractivity contribution in [2.24, 2.45) is 0 Å². The summed E-state index contributed by atoms with van der Waals surface area (Å²) in [7, 11) is 0. The van der Waals surface area contributed by atoms with Crippen molar-refractivity contribution >= 4 is 34.7 Å². The minimum atomic E-state index is -0.717. The summed E-state index contributed by atoms with van der Waals surface area (Å²) in [6, 6.07) is 18.8. The number of halogens is 1. The number of para-hydroxylation sites is 1. The Kier molecular flexibility index (Phi) is 5.68. The second-order valence-electron chi connectivity index (χ2n) is 7.53. The van der Waals surface area contributed by atoms with E-state index in [0.717, 1.165) is 5.56 Å². The molecule has 5 rings (SSSR count). The molecule has 0 aliphatic carbocycles. The number of nitrogens with zero attached hydrogens (tertiary/aromatic N) is 3. The molecule has 0 radical (unpaired) electrons. The molecule has 1 aliphatic rings. The minimum absolute atomic E-state index is 0.317. The molecule has 11 heteroatoms. The van der Waals surface area contributed by atoms with Gasteiger partial charge in [0.05, 0.1) is 21.7 Å². The number of anilines is 1. The lowest BCUT2D eigenvalue weighted by Gasteiger charge is -2.22. The normalized spacial score (nSPS) is 14.1. The first-order valence-electron chi connectivity index (χ1n) is 10.2. The molecule has 4 aromatic rings. The zero-order chi connectivity index (χ0) is 23.8. The maximum absolute atomic E-state index is 13.2. The number of phenolic OH excluding ortho intramolecular Hbond substituents is 1. The van der Waals surface area contributed by atoms with Gasteiger partial charge in [-0.15, -0.1) is 0 Å². The summed E-state index contributed by atoms with van der Waals surface area (Å²) in [6.45, 7) is 0. The monoisotopic (exact) mass is 494 g/mol. The number of thioether (sulfide) groups is 1. The number of aromatic nitrogens is 3. The number of aromatic hydroxyl groups is 1. The molecule has 0 unspecified atom stereocenters. The van der Waals surface area contributed by atoms with E-state index < -0.39 is 22.5 Å². The van der Waals surface area contributed by atoms with Gasteiger partial charge in [-0.1, -0.05) is 53.7 Å². The van der Waals surface area contributed by atoms with Crippen molar-refractivity contribution in [3.05, 3.63) is 103 Å². The van der Waals surface area contributed by atoms with Gasteiger partial charge in [-0.3, -0.25) is 19.9 Å². The number of phenols is 1. The first kappa shape index (κ1) is 21.9. The Labute approximate surface area is 202 Å². The first-order valence-corrected chi connectivity index (χ1v) is 11.5. The average Bonchev–Trinajstić information content (AvgIpc) is 2.83. The lowest BCUT2D eigenvalue weighted by Crippen LogP contribution is -2.55. The molecule has 0 saturated heterocycles. The molecule has 1 aromatic heterocycles. The number of aromatic amines is 1. The van der Waals surface area contributed by atoms with Crippen molar-refractivity contribution in [1.82, 2.24) is 10.1 Å². The van der Waals surface area contributed by atoms with Gasteiger partial charge in [-0.2, -0.15) is 0 Å². The zero-order valence-electron chi connectivity index (χ0n) is 17.4. The molecule has 0 amide bonds. The van der Waals surface area contributed by atoms with Gasteiger partial charge in [-0.25, -0.2) is 0 Å². The van der Waals surface area contributed by atoms with Crippen molar-refractivity contribution in [2.45, 2.75) is 17.1 Å². The Bertz CT molecular complexity index is 1490. The minimum Gasteiger partial charge on any atom is -0.502 e. The molecule has 9 nitrogen and oxygen atoms in total. The zero-order valence-corrected chi connectivity index (χ0v) is 19.0. The van der Waals surface area contributed by atoms with Crippen LogP contribution in [0.15, 0.2) is 76.7 Å². The van der Waals surface area contributed by atoms with E-state index in [0.29, 0.717) is 38.4 Å². The van der Waals surface area contributed by atoms with Gasteiger partial charge in [0, 0.05) is 21.9 Å². The fourth-order valence-corrected chi connectivity index (χ4v) is 4.93. The van der Waals surface area contributed by atoms with E-state index in [2.05, 4.69) is 15.4 Å². The predicted molar refractivity (Wildman–Crippen MR) is 128 cm³/mol. The third kappa shape index (κ3) is 3.97. The van der Waals surface area contributed by atoms with Crippen LogP contribution in [-0.4, -0.2) is 20.1 Å². The summed E-state index contributed by atoms with van der Waals surface area (Å²) in [5.41, 5.74) is 2.24. The molecule has 0 fully saturated rings. The Balaban J connectivity index is 1.61. The number of hydrogen-bond donors (Lipinski definition) is 3. The van der Waals surface area contributed by atoms with Crippen LogP contribution in [0, 0.1) is 10.1 Å². The van der Waals surface area contributed by atoms with E-state index in [1.54, 1.807) is 18.2 Å². The average molecular weight is 495 g/mol. The maximum Gasteiger partial charge on any atom is 0.325 e. The third-order valence-electron chi connectivity index (χ3n) is 5.42. The van der Waals surface area contributed by atoms with Crippen molar-refractivity contribution in [1.29, 1.82) is 0 Å². The summed E-state index contributed by atoms with van der Waals surface area (Å²) in [5, 5.41) is 30.2. The Morgan fingerprint density at radius 1 is 1.15 bits per heavy atom. The molecular weight excluding hydrogens is 478 g/mol. The molecule has 1 aliphatic heterocycles. The van der Waals surface area contributed by atoms with Crippen LogP contribution in [0.2, 0.25) is 5.02 Å². The Morgan fingerprint density at radius 3 is 2.71 bits per heavy atom. The van der Waals surface area contributed by atoms with Crippen molar-refractivity contribution in [2.75, 3.05) is 5.32 Å². The quantitative estimate of drug-likeness (QED) is 0.164. The number of nitrogens with one attached hydrogen (secondary N) is 2. The molecule has 2 heterocycles. The third-order valence-corrected chi connectivity index (χ3v) is 6.70. The molecule has 1 atom stereocenters. The second-order valence-corrected chi connectivity index (χ2v) is 8.90. The van der Waals surface area contributed by atoms with Crippen LogP contribution in [0.25, 0.3) is 11.3 Å². The van der Waals surface area contributed by atoms with E-state index in [1.807, 2.05) is 36.4 Å². The smallest absolute Gasteiger partial charge is 0.325 e. The van der Waals surface area contributed by atoms with E-state index in [4.69, 9.17) is 11.6 Å². The van der Waals surface area contributed by atoms with Crippen molar-refractivity contribution < 1.29 is 14.7 Å². The Hall–Kier alpha value is -3.89. The molecule has 0 saturated carbocycles. The highest BCUT2D eigenvalue weighted by Gasteiger charge is 2.38. The van der Waals surface area contributed by atoms with Crippen molar-refractivity contribution in [3.8, 4) is 17.0 Å². The lowest BCUT2D eigenvalue weighted by atomic mass is 10.0. The van der Waals surface area contributed by atoms with Crippen LogP contribution in [0.5, 0.6) is 5.75 Å². The summed E-state index contributed by atoms with van der Waals surface area (Å²) < 4.78 is 1.52. The Morgan fingerprint density at radius 2 is 1.91 bits per heavy atom. The van der Waals surface area contributed by atoms with Crippen LogP contribution in [0.3, 0.4) is 0 Å². The number of fused-ring (bicyclic) bond motifs is 3. The largest absolute Gasteiger partial charge is 0.502 e. The highest BCUT2D eigenvalue weighted by atomic mass is 35.5. The number of nitro groups is 1. The van der Waals surface area contributed by atoms with Crippen LogP contribution < -0.4 is 15.6 Å². The molecule has 0 bridgehead atoms. The first-order chi connectivity index (χ1) is 16.4. The highest BCUT2D eigenvalue weighted by molar-refractivity contribution is 7.98. The summed E-state index contributed by atoms with van der Waals surface area (Å²) in [6.07, 6.45) is -0.717. The van der Waals surface area contributed by atoms with Gasteiger partial charge in [0.15, 0.2) is 5.75 Å². The van der Waals surface area contributed by atoms with Gasteiger partial charge >= 0.3 is 16.9 Å². The van der Waals surface area contributed by atoms with Crippen LogP contribution in [0.1, 0.15) is 17.3 Å². The van der Waals surface area contributed by atoms with Gasteiger partial charge in [-0.05, 0) is 40.6 Å².